The Kier molecular flexibility index (Phi) is 5.33. The SMILES string of the molecule is COc1ccccc1/C=C1/SC(=O)N(CC(=O)OC(C)(C)C)C1=O. The maximum absolute atomic E-state index is 12.4. The second-order valence-electron chi connectivity index (χ2n) is 6.10. The number of methoxy groups -OCH3 is 1. The number of carbonyl (C=O) groups is 3. The molecule has 2 amide bonds. The van der Waals surface area contributed by atoms with Crippen LogP contribution >= 0.6 is 11.8 Å². The van der Waals surface area contributed by atoms with E-state index in [2.05, 4.69) is 0 Å². The average molecular weight is 349 g/mol. The van der Waals surface area contributed by atoms with Gasteiger partial charge in [0.25, 0.3) is 11.1 Å². The normalized spacial score (nSPS) is 16.7. The third kappa shape index (κ3) is 4.38. The van der Waals surface area contributed by atoms with Crippen LogP contribution in [0, 0.1) is 0 Å². The number of amides is 2. The molecule has 0 radical (unpaired) electrons. The van der Waals surface area contributed by atoms with Gasteiger partial charge >= 0.3 is 5.97 Å². The molecule has 1 aliphatic rings. The van der Waals surface area contributed by atoms with Crippen LogP contribution in [0.3, 0.4) is 0 Å². The number of rotatable bonds is 4. The van der Waals surface area contributed by atoms with E-state index in [-0.39, 0.29) is 4.91 Å². The molecule has 1 saturated heterocycles. The highest BCUT2D eigenvalue weighted by molar-refractivity contribution is 8.18. The molecule has 0 atom stereocenters. The molecule has 7 heteroatoms. The molecular weight excluding hydrogens is 330 g/mol. The first kappa shape index (κ1) is 18.1. The molecule has 0 aromatic heterocycles. The Labute approximate surface area is 144 Å². The molecule has 2 rings (SSSR count). The molecule has 1 fully saturated rings. The Morgan fingerprint density at radius 3 is 2.54 bits per heavy atom. The summed E-state index contributed by atoms with van der Waals surface area (Å²) in [6.07, 6.45) is 1.58. The van der Waals surface area contributed by atoms with Crippen molar-refractivity contribution in [3.05, 3.63) is 34.7 Å². The van der Waals surface area contributed by atoms with Crippen molar-refractivity contribution in [2.24, 2.45) is 0 Å². The maximum atomic E-state index is 12.4. The van der Waals surface area contributed by atoms with E-state index >= 15 is 0 Å². The number of hydrogen-bond acceptors (Lipinski definition) is 6. The Bertz CT molecular complexity index is 705. The second-order valence-corrected chi connectivity index (χ2v) is 7.09. The van der Waals surface area contributed by atoms with Crippen molar-refractivity contribution < 1.29 is 23.9 Å². The van der Waals surface area contributed by atoms with Gasteiger partial charge in [-0.05, 0) is 44.7 Å². The smallest absolute Gasteiger partial charge is 0.326 e. The van der Waals surface area contributed by atoms with Crippen molar-refractivity contribution in [3.63, 3.8) is 0 Å². The van der Waals surface area contributed by atoms with E-state index in [1.807, 2.05) is 6.07 Å². The third-order valence-electron chi connectivity index (χ3n) is 3.01. The van der Waals surface area contributed by atoms with E-state index in [0.29, 0.717) is 11.3 Å². The van der Waals surface area contributed by atoms with E-state index in [1.54, 1.807) is 45.0 Å². The maximum Gasteiger partial charge on any atom is 0.326 e. The van der Waals surface area contributed by atoms with Gasteiger partial charge in [0.2, 0.25) is 0 Å². The molecule has 1 aromatic carbocycles. The summed E-state index contributed by atoms with van der Waals surface area (Å²) in [7, 11) is 1.53. The lowest BCUT2D eigenvalue weighted by Crippen LogP contribution is -2.37. The molecule has 1 aliphatic heterocycles. The Morgan fingerprint density at radius 1 is 1.25 bits per heavy atom. The summed E-state index contributed by atoms with van der Waals surface area (Å²) in [5, 5.41) is -0.494. The highest BCUT2D eigenvalue weighted by Gasteiger charge is 2.37. The van der Waals surface area contributed by atoms with Gasteiger partial charge < -0.3 is 9.47 Å². The van der Waals surface area contributed by atoms with Crippen molar-refractivity contribution >= 4 is 35.0 Å². The Balaban J connectivity index is 2.17. The van der Waals surface area contributed by atoms with Crippen LogP contribution in [0.4, 0.5) is 4.79 Å². The van der Waals surface area contributed by atoms with E-state index < -0.39 is 29.3 Å². The number of carbonyl (C=O) groups excluding carboxylic acids is 3. The predicted molar refractivity (Wildman–Crippen MR) is 91.5 cm³/mol. The van der Waals surface area contributed by atoms with Gasteiger partial charge in [-0.2, -0.15) is 0 Å². The lowest BCUT2D eigenvalue weighted by Gasteiger charge is -2.21. The molecule has 6 nitrogen and oxygen atoms in total. The summed E-state index contributed by atoms with van der Waals surface area (Å²) < 4.78 is 10.4. The van der Waals surface area contributed by atoms with E-state index in [1.165, 1.54) is 7.11 Å². The van der Waals surface area contributed by atoms with Gasteiger partial charge in [-0.15, -0.1) is 0 Å². The lowest BCUT2D eigenvalue weighted by atomic mass is 10.2. The van der Waals surface area contributed by atoms with Gasteiger partial charge in [0.1, 0.15) is 17.9 Å². The van der Waals surface area contributed by atoms with Crippen LogP contribution < -0.4 is 4.74 Å². The van der Waals surface area contributed by atoms with Crippen molar-refractivity contribution in [1.82, 2.24) is 4.90 Å². The van der Waals surface area contributed by atoms with Gasteiger partial charge in [0.05, 0.1) is 12.0 Å². The number of esters is 1. The summed E-state index contributed by atoms with van der Waals surface area (Å²) in [6.45, 7) is 4.77. The predicted octanol–water partition coefficient (Wildman–Crippen LogP) is 3.07. The molecule has 0 unspecified atom stereocenters. The fraction of sp³-hybridized carbons (Fsp3) is 0.353. The molecule has 0 bridgehead atoms. The van der Waals surface area contributed by atoms with Crippen LogP contribution in [0.5, 0.6) is 5.75 Å². The van der Waals surface area contributed by atoms with E-state index in [0.717, 1.165) is 16.7 Å². The summed E-state index contributed by atoms with van der Waals surface area (Å²) >= 11 is 0.791. The highest BCUT2D eigenvalue weighted by atomic mass is 32.2. The minimum absolute atomic E-state index is 0.244. The van der Waals surface area contributed by atoms with Crippen LogP contribution in [0.1, 0.15) is 26.3 Å². The minimum Gasteiger partial charge on any atom is -0.496 e. The quantitative estimate of drug-likeness (QED) is 0.614. The third-order valence-corrected chi connectivity index (χ3v) is 3.91. The van der Waals surface area contributed by atoms with Crippen LogP contribution in [-0.4, -0.2) is 41.3 Å². The van der Waals surface area contributed by atoms with Gasteiger partial charge in [-0.1, -0.05) is 18.2 Å². The molecular formula is C17H19NO5S. The standard InChI is InChI=1S/C17H19NO5S/c1-17(2,3)23-14(19)10-18-15(20)13(24-16(18)21)9-11-7-5-6-8-12(11)22-4/h5-9H,10H2,1-4H3/b13-9+. The number of ether oxygens (including phenoxy) is 2. The van der Waals surface area contributed by atoms with Crippen molar-refractivity contribution in [3.8, 4) is 5.75 Å². The number of hydrogen-bond donors (Lipinski definition) is 0. The summed E-state index contributed by atoms with van der Waals surface area (Å²) in [6, 6.07) is 7.15. The highest BCUT2D eigenvalue weighted by Crippen LogP contribution is 2.33. The largest absolute Gasteiger partial charge is 0.496 e. The van der Waals surface area contributed by atoms with Crippen LogP contribution in [0.25, 0.3) is 6.08 Å². The van der Waals surface area contributed by atoms with Crippen molar-refractivity contribution in [1.29, 1.82) is 0 Å². The van der Waals surface area contributed by atoms with E-state index in [4.69, 9.17) is 9.47 Å². The topological polar surface area (TPSA) is 72.9 Å². The van der Waals surface area contributed by atoms with Gasteiger partial charge in [0.15, 0.2) is 0 Å². The average Bonchev–Trinajstić information content (AvgIpc) is 2.73. The zero-order chi connectivity index (χ0) is 17.9. The van der Waals surface area contributed by atoms with Crippen LogP contribution in [0.15, 0.2) is 29.2 Å². The fourth-order valence-electron chi connectivity index (χ4n) is 2.07. The Hall–Kier alpha value is -2.28. The number of nitrogens with zero attached hydrogens (tertiary/aromatic N) is 1. The number of para-hydroxylation sites is 1. The molecule has 24 heavy (non-hydrogen) atoms. The first-order chi connectivity index (χ1) is 11.2. The second kappa shape index (κ2) is 7.09. The van der Waals surface area contributed by atoms with Crippen LogP contribution in [0.2, 0.25) is 0 Å². The molecule has 0 N–H and O–H groups in total. The van der Waals surface area contributed by atoms with Crippen molar-refractivity contribution in [2.75, 3.05) is 13.7 Å². The molecule has 128 valence electrons. The van der Waals surface area contributed by atoms with Gasteiger partial charge in [-0.25, -0.2) is 0 Å². The van der Waals surface area contributed by atoms with Gasteiger partial charge in [0, 0.05) is 5.56 Å². The summed E-state index contributed by atoms with van der Waals surface area (Å²) in [4.78, 5) is 37.4. The summed E-state index contributed by atoms with van der Waals surface area (Å²) in [5.41, 5.74) is 0.00863. The first-order valence-corrected chi connectivity index (χ1v) is 8.13. The van der Waals surface area contributed by atoms with Crippen molar-refractivity contribution in [2.45, 2.75) is 26.4 Å². The number of imide groups is 1. The zero-order valence-electron chi connectivity index (χ0n) is 14.0. The number of thioether (sulfide) groups is 1. The monoisotopic (exact) mass is 349 g/mol. The fourth-order valence-corrected chi connectivity index (χ4v) is 2.90. The van der Waals surface area contributed by atoms with Crippen LogP contribution in [-0.2, 0) is 14.3 Å². The molecule has 1 aromatic rings. The summed E-state index contributed by atoms with van der Waals surface area (Å²) in [5.74, 6) is -0.540. The Morgan fingerprint density at radius 2 is 1.92 bits per heavy atom. The lowest BCUT2D eigenvalue weighted by molar-refractivity contribution is -0.156. The molecule has 0 saturated carbocycles. The zero-order valence-corrected chi connectivity index (χ0v) is 14.8. The number of benzene rings is 1. The van der Waals surface area contributed by atoms with Gasteiger partial charge in [-0.3, -0.25) is 19.3 Å². The molecule has 0 aliphatic carbocycles. The molecule has 1 heterocycles. The minimum atomic E-state index is -0.674. The van der Waals surface area contributed by atoms with E-state index in [9.17, 15) is 14.4 Å². The molecule has 0 spiro atoms. The first-order valence-electron chi connectivity index (χ1n) is 7.31.